The highest BCUT2D eigenvalue weighted by Gasteiger charge is 2.31. The Morgan fingerprint density at radius 3 is 2.67 bits per heavy atom. The summed E-state index contributed by atoms with van der Waals surface area (Å²) in [4.78, 5) is 46.2. The number of carboxylic acids is 2. The molecule has 0 saturated carbocycles. The van der Waals surface area contributed by atoms with E-state index in [1.54, 1.807) is 6.07 Å². The van der Waals surface area contributed by atoms with Crippen molar-refractivity contribution in [3.63, 3.8) is 0 Å². The Labute approximate surface area is 155 Å². The van der Waals surface area contributed by atoms with Gasteiger partial charge in [0.1, 0.15) is 5.00 Å². The number of carbonyl (C=O) groups is 4. The number of nitrogens with one attached hydrogen (secondary N) is 2. The minimum absolute atomic E-state index is 0.0521. The highest BCUT2D eigenvalue weighted by molar-refractivity contribution is 7.17. The van der Waals surface area contributed by atoms with Crippen LogP contribution in [0.3, 0.4) is 0 Å². The molecule has 2 aromatic rings. The van der Waals surface area contributed by atoms with Gasteiger partial charge in [0.2, 0.25) is 0 Å². The van der Waals surface area contributed by atoms with Crippen LogP contribution in [0.15, 0.2) is 22.8 Å². The fraction of sp³-hybridized carbons (Fsp3) is 0.250. The summed E-state index contributed by atoms with van der Waals surface area (Å²) >= 11 is 0.957. The molecule has 3 rings (SSSR count). The van der Waals surface area contributed by atoms with E-state index in [1.165, 1.54) is 12.3 Å². The smallest absolute Gasteiger partial charge is 0.394 e. The molecule has 0 spiro atoms. The van der Waals surface area contributed by atoms with E-state index in [0.717, 1.165) is 11.3 Å². The molecular formula is C16H14N2O8S. The summed E-state index contributed by atoms with van der Waals surface area (Å²) in [6.07, 6.45) is 1.08. The molecule has 10 nitrogen and oxygen atoms in total. The normalized spacial score (nSPS) is 15.6. The molecule has 142 valence electrons. The molecule has 0 aliphatic carbocycles. The number of fused-ring (bicyclic) bond motifs is 1. The molecule has 11 heteroatoms. The molecule has 1 aliphatic heterocycles. The Morgan fingerprint density at radius 1 is 1.26 bits per heavy atom. The van der Waals surface area contributed by atoms with Crippen LogP contribution in [0.1, 0.15) is 31.4 Å². The third kappa shape index (κ3) is 3.99. The van der Waals surface area contributed by atoms with Crippen LogP contribution in [0, 0.1) is 0 Å². The van der Waals surface area contributed by atoms with Crippen LogP contribution < -0.4 is 10.6 Å². The van der Waals surface area contributed by atoms with E-state index in [0.29, 0.717) is 10.4 Å². The predicted molar refractivity (Wildman–Crippen MR) is 90.9 cm³/mol. The summed E-state index contributed by atoms with van der Waals surface area (Å²) in [7, 11) is 0. The molecule has 3 heterocycles. The Morgan fingerprint density at radius 2 is 2.04 bits per heavy atom. The Kier molecular flexibility index (Phi) is 5.23. The molecule has 1 unspecified atom stereocenters. The van der Waals surface area contributed by atoms with E-state index in [-0.39, 0.29) is 35.9 Å². The summed E-state index contributed by atoms with van der Waals surface area (Å²) in [5.41, 5.74) is 0.298. The average molecular weight is 394 g/mol. The lowest BCUT2D eigenvalue weighted by Crippen LogP contribution is -2.36. The molecule has 0 radical (unpaired) electrons. The molecule has 0 aromatic carbocycles. The van der Waals surface area contributed by atoms with E-state index in [1.807, 2.05) is 0 Å². The zero-order valence-electron chi connectivity index (χ0n) is 13.7. The van der Waals surface area contributed by atoms with E-state index >= 15 is 0 Å². The summed E-state index contributed by atoms with van der Waals surface area (Å²) in [6.45, 7) is 0.217. The Balaban J connectivity index is 1.73. The first-order valence-electron chi connectivity index (χ1n) is 7.72. The second-order valence-corrected chi connectivity index (χ2v) is 6.70. The lowest BCUT2D eigenvalue weighted by Gasteiger charge is -2.23. The molecule has 1 atom stereocenters. The van der Waals surface area contributed by atoms with Crippen molar-refractivity contribution in [1.82, 2.24) is 5.32 Å². The van der Waals surface area contributed by atoms with E-state index in [4.69, 9.17) is 14.3 Å². The molecule has 2 amide bonds. The molecule has 27 heavy (non-hydrogen) atoms. The van der Waals surface area contributed by atoms with Crippen molar-refractivity contribution in [1.29, 1.82) is 0 Å². The predicted octanol–water partition coefficient (Wildman–Crippen LogP) is 0.934. The van der Waals surface area contributed by atoms with Gasteiger partial charge in [0.05, 0.1) is 24.5 Å². The van der Waals surface area contributed by atoms with Gasteiger partial charge in [0, 0.05) is 17.8 Å². The van der Waals surface area contributed by atoms with Gasteiger partial charge in [-0.25, -0.2) is 9.59 Å². The van der Waals surface area contributed by atoms with Gasteiger partial charge in [-0.05, 0) is 17.7 Å². The topological polar surface area (TPSA) is 155 Å². The van der Waals surface area contributed by atoms with Crippen LogP contribution in [-0.2, 0) is 27.4 Å². The molecule has 0 fully saturated rings. The SMILES string of the molecule is O=C(O)C(=O)Nc1sc2c(c1C(=O)O)CC(CNC(=O)c1ccco1)OC2. The lowest BCUT2D eigenvalue weighted by atomic mass is 10.0. The number of hydrogen-bond acceptors (Lipinski definition) is 7. The molecule has 0 bridgehead atoms. The molecule has 2 aromatic heterocycles. The van der Waals surface area contributed by atoms with Crippen molar-refractivity contribution in [3.05, 3.63) is 40.2 Å². The summed E-state index contributed by atoms with van der Waals surface area (Å²) < 4.78 is 10.6. The lowest BCUT2D eigenvalue weighted by molar-refractivity contribution is -0.147. The van der Waals surface area contributed by atoms with Gasteiger partial charge in [-0.15, -0.1) is 11.3 Å². The van der Waals surface area contributed by atoms with E-state index in [9.17, 15) is 24.3 Å². The first kappa shape index (κ1) is 18.6. The van der Waals surface area contributed by atoms with Gasteiger partial charge in [-0.3, -0.25) is 9.59 Å². The van der Waals surface area contributed by atoms with Crippen LogP contribution in [-0.4, -0.2) is 46.6 Å². The fourth-order valence-electron chi connectivity index (χ4n) is 2.63. The van der Waals surface area contributed by atoms with Gasteiger partial charge in [-0.2, -0.15) is 0 Å². The van der Waals surface area contributed by atoms with E-state index in [2.05, 4.69) is 10.6 Å². The van der Waals surface area contributed by atoms with Crippen molar-refractivity contribution >= 4 is 40.1 Å². The van der Waals surface area contributed by atoms with Crippen LogP contribution in [0.5, 0.6) is 0 Å². The summed E-state index contributed by atoms with van der Waals surface area (Å²) in [6, 6.07) is 3.09. The number of rotatable bonds is 5. The van der Waals surface area contributed by atoms with Gasteiger partial charge >= 0.3 is 17.8 Å². The zero-order valence-corrected chi connectivity index (χ0v) is 14.5. The van der Waals surface area contributed by atoms with Crippen LogP contribution >= 0.6 is 11.3 Å². The number of thiophene rings is 1. The van der Waals surface area contributed by atoms with Crippen molar-refractivity contribution in [2.75, 3.05) is 11.9 Å². The zero-order chi connectivity index (χ0) is 19.6. The number of ether oxygens (including phenoxy) is 1. The Bertz CT molecular complexity index is 902. The summed E-state index contributed by atoms with van der Waals surface area (Å²) in [5, 5.41) is 22.8. The number of carboxylic acid groups (broad SMARTS) is 2. The molecule has 1 aliphatic rings. The van der Waals surface area contributed by atoms with Crippen LogP contribution in [0.2, 0.25) is 0 Å². The van der Waals surface area contributed by atoms with Gasteiger partial charge in [0.15, 0.2) is 5.76 Å². The van der Waals surface area contributed by atoms with Crippen LogP contribution in [0.4, 0.5) is 5.00 Å². The number of carbonyl (C=O) groups excluding carboxylic acids is 2. The second kappa shape index (κ2) is 7.60. The number of furan rings is 1. The second-order valence-electron chi connectivity index (χ2n) is 5.60. The maximum Gasteiger partial charge on any atom is 0.394 e. The van der Waals surface area contributed by atoms with Crippen molar-refractivity contribution in [3.8, 4) is 0 Å². The fourth-order valence-corrected chi connectivity index (χ4v) is 3.77. The van der Waals surface area contributed by atoms with E-state index < -0.39 is 29.9 Å². The van der Waals surface area contributed by atoms with Crippen molar-refractivity contribution in [2.24, 2.45) is 0 Å². The maximum atomic E-state index is 11.9. The molecular weight excluding hydrogens is 380 g/mol. The van der Waals surface area contributed by atoms with Crippen molar-refractivity contribution < 1.29 is 38.5 Å². The Hall–Kier alpha value is -3.18. The largest absolute Gasteiger partial charge is 0.478 e. The quantitative estimate of drug-likeness (QED) is 0.546. The third-order valence-corrected chi connectivity index (χ3v) is 4.96. The monoisotopic (exact) mass is 394 g/mol. The highest BCUT2D eigenvalue weighted by Crippen LogP contribution is 2.37. The first-order valence-corrected chi connectivity index (χ1v) is 8.54. The first-order chi connectivity index (χ1) is 12.9. The maximum absolute atomic E-state index is 11.9. The standard InChI is InChI=1S/C16H14N2O8S/c19-12(9-2-1-3-25-9)17-5-7-4-8-10(6-26-7)27-14(11(8)15(21)22)18-13(20)16(23)24/h1-3,7H,4-6H2,(H,17,19)(H,18,20)(H,21,22)(H,23,24). The minimum Gasteiger partial charge on any atom is -0.478 e. The van der Waals surface area contributed by atoms with Gasteiger partial charge in [0.25, 0.3) is 5.91 Å². The minimum atomic E-state index is -1.72. The average Bonchev–Trinajstić information content (AvgIpc) is 3.26. The van der Waals surface area contributed by atoms with Crippen molar-refractivity contribution in [2.45, 2.75) is 19.1 Å². The van der Waals surface area contributed by atoms with Gasteiger partial charge in [-0.1, -0.05) is 0 Å². The number of aliphatic carboxylic acids is 1. The highest BCUT2D eigenvalue weighted by atomic mass is 32.1. The number of hydrogen-bond donors (Lipinski definition) is 4. The van der Waals surface area contributed by atoms with Crippen LogP contribution in [0.25, 0.3) is 0 Å². The third-order valence-electron chi connectivity index (χ3n) is 3.84. The molecule has 0 saturated heterocycles. The number of anilines is 1. The summed E-state index contributed by atoms with van der Waals surface area (Å²) in [5.74, 6) is -4.60. The molecule has 4 N–H and O–H groups in total. The number of aromatic carboxylic acids is 1. The van der Waals surface area contributed by atoms with Gasteiger partial charge < -0.3 is 30.0 Å². The number of amides is 2.